The van der Waals surface area contributed by atoms with Crippen LogP contribution in [-0.2, 0) is 0 Å². The Morgan fingerprint density at radius 3 is 2.50 bits per heavy atom. The molecule has 1 aliphatic carbocycles. The lowest BCUT2D eigenvalue weighted by atomic mass is 9.76. The van der Waals surface area contributed by atoms with Crippen molar-refractivity contribution in [3.8, 4) is 5.75 Å². The predicted molar refractivity (Wildman–Crippen MR) is 74.8 cm³/mol. The largest absolute Gasteiger partial charge is 0.468 e. The van der Waals surface area contributed by atoms with Gasteiger partial charge in [0.15, 0.2) is 6.23 Å². The topological polar surface area (TPSA) is 21.3 Å². The molecule has 1 aliphatic heterocycles. The number of fused-ring (bicyclic) bond motifs is 1. The Morgan fingerprint density at radius 2 is 1.83 bits per heavy atom. The van der Waals surface area contributed by atoms with Crippen molar-refractivity contribution in [3.63, 3.8) is 0 Å². The van der Waals surface area contributed by atoms with Crippen molar-refractivity contribution < 1.29 is 4.74 Å². The standard InChI is InChI=1S/C16H23NO/c1-11(2)12-7-9-13(10-8-12)16-17-14-5-3-4-6-15(14)18-16/h3-6,11-13,16-17H,7-10H2,1-2H3. The minimum absolute atomic E-state index is 0.204. The van der Waals surface area contributed by atoms with Gasteiger partial charge in [-0.25, -0.2) is 0 Å². The zero-order valence-electron chi connectivity index (χ0n) is 11.4. The lowest BCUT2D eigenvalue weighted by Crippen LogP contribution is -2.34. The minimum Gasteiger partial charge on any atom is -0.468 e. The number of rotatable bonds is 2. The summed E-state index contributed by atoms with van der Waals surface area (Å²) in [6.07, 6.45) is 5.53. The molecule has 0 saturated heterocycles. The molecule has 1 saturated carbocycles. The molecule has 2 nitrogen and oxygen atoms in total. The SMILES string of the molecule is CC(C)C1CCC(C2Nc3ccccc3O2)CC1. The molecule has 1 heterocycles. The number of para-hydroxylation sites is 2. The molecule has 0 amide bonds. The first-order valence-electron chi connectivity index (χ1n) is 7.26. The van der Waals surface area contributed by atoms with Crippen molar-refractivity contribution >= 4 is 5.69 Å². The summed E-state index contributed by atoms with van der Waals surface area (Å²) >= 11 is 0. The average Bonchev–Trinajstić information content (AvgIpc) is 2.82. The summed E-state index contributed by atoms with van der Waals surface area (Å²) < 4.78 is 6.03. The van der Waals surface area contributed by atoms with Crippen LogP contribution in [0.5, 0.6) is 5.75 Å². The highest BCUT2D eigenvalue weighted by Crippen LogP contribution is 2.40. The van der Waals surface area contributed by atoms with Crippen LogP contribution in [0.1, 0.15) is 39.5 Å². The molecule has 1 unspecified atom stereocenters. The van der Waals surface area contributed by atoms with Gasteiger partial charge in [0.25, 0.3) is 0 Å². The van der Waals surface area contributed by atoms with E-state index in [1.807, 2.05) is 6.07 Å². The van der Waals surface area contributed by atoms with E-state index >= 15 is 0 Å². The van der Waals surface area contributed by atoms with Gasteiger partial charge in [-0.05, 0) is 49.7 Å². The van der Waals surface area contributed by atoms with E-state index in [0.717, 1.165) is 23.3 Å². The number of anilines is 1. The molecule has 98 valence electrons. The molecule has 1 aromatic rings. The first-order chi connectivity index (χ1) is 8.74. The maximum atomic E-state index is 6.03. The lowest BCUT2D eigenvalue weighted by Gasteiger charge is -2.33. The van der Waals surface area contributed by atoms with Crippen LogP contribution in [0.15, 0.2) is 24.3 Å². The smallest absolute Gasteiger partial charge is 0.173 e. The maximum Gasteiger partial charge on any atom is 0.173 e. The van der Waals surface area contributed by atoms with E-state index in [2.05, 4.69) is 37.4 Å². The van der Waals surface area contributed by atoms with Crippen molar-refractivity contribution in [2.45, 2.75) is 45.8 Å². The third-order valence-electron chi connectivity index (χ3n) is 4.63. The third kappa shape index (κ3) is 2.21. The van der Waals surface area contributed by atoms with Crippen LogP contribution < -0.4 is 10.1 Å². The van der Waals surface area contributed by atoms with E-state index in [1.54, 1.807) is 0 Å². The van der Waals surface area contributed by atoms with Crippen LogP contribution >= 0.6 is 0 Å². The van der Waals surface area contributed by atoms with Crippen LogP contribution in [-0.4, -0.2) is 6.23 Å². The van der Waals surface area contributed by atoms with Crippen LogP contribution in [0.2, 0.25) is 0 Å². The van der Waals surface area contributed by atoms with Crippen LogP contribution in [0.3, 0.4) is 0 Å². The fourth-order valence-corrected chi connectivity index (χ4v) is 3.34. The summed E-state index contributed by atoms with van der Waals surface area (Å²) in [6.45, 7) is 4.70. The van der Waals surface area contributed by atoms with Crippen LogP contribution in [0.25, 0.3) is 0 Å². The molecule has 1 N–H and O–H groups in total. The van der Waals surface area contributed by atoms with Crippen molar-refractivity contribution in [2.75, 3.05) is 5.32 Å². The predicted octanol–water partition coefficient (Wildman–Crippen LogP) is 4.28. The lowest BCUT2D eigenvalue weighted by molar-refractivity contribution is 0.117. The van der Waals surface area contributed by atoms with Gasteiger partial charge in [0.05, 0.1) is 5.69 Å². The Hall–Kier alpha value is -1.18. The maximum absolute atomic E-state index is 6.03. The van der Waals surface area contributed by atoms with Gasteiger partial charge < -0.3 is 10.1 Å². The first-order valence-corrected chi connectivity index (χ1v) is 7.26. The Morgan fingerprint density at radius 1 is 1.11 bits per heavy atom. The van der Waals surface area contributed by atoms with E-state index in [9.17, 15) is 0 Å². The molecular formula is C16H23NO. The van der Waals surface area contributed by atoms with Gasteiger partial charge in [0.1, 0.15) is 5.75 Å². The Balaban J connectivity index is 1.60. The highest BCUT2D eigenvalue weighted by atomic mass is 16.5. The molecule has 2 heteroatoms. The van der Waals surface area contributed by atoms with Gasteiger partial charge in [-0.3, -0.25) is 0 Å². The fourth-order valence-electron chi connectivity index (χ4n) is 3.34. The number of benzene rings is 1. The zero-order valence-corrected chi connectivity index (χ0v) is 11.4. The van der Waals surface area contributed by atoms with E-state index < -0.39 is 0 Å². The molecule has 1 aromatic carbocycles. The van der Waals surface area contributed by atoms with Gasteiger partial charge in [0.2, 0.25) is 0 Å². The second-order valence-electron chi connectivity index (χ2n) is 6.10. The van der Waals surface area contributed by atoms with Crippen molar-refractivity contribution in [1.29, 1.82) is 0 Å². The first kappa shape index (κ1) is 11.9. The molecule has 1 fully saturated rings. The van der Waals surface area contributed by atoms with Crippen molar-refractivity contribution in [1.82, 2.24) is 0 Å². The van der Waals surface area contributed by atoms with Crippen molar-refractivity contribution in [2.24, 2.45) is 17.8 Å². The van der Waals surface area contributed by atoms with Gasteiger partial charge in [-0.15, -0.1) is 0 Å². The third-order valence-corrected chi connectivity index (χ3v) is 4.63. The second kappa shape index (κ2) is 4.83. The molecular weight excluding hydrogens is 222 g/mol. The number of ether oxygens (including phenoxy) is 1. The number of hydrogen-bond acceptors (Lipinski definition) is 2. The molecule has 18 heavy (non-hydrogen) atoms. The summed E-state index contributed by atoms with van der Waals surface area (Å²) in [7, 11) is 0. The molecule has 0 spiro atoms. The second-order valence-corrected chi connectivity index (χ2v) is 6.10. The van der Waals surface area contributed by atoms with Crippen LogP contribution in [0.4, 0.5) is 5.69 Å². The molecule has 0 bridgehead atoms. The highest BCUT2D eigenvalue weighted by molar-refractivity contribution is 5.59. The summed E-state index contributed by atoms with van der Waals surface area (Å²) in [5, 5.41) is 3.53. The molecule has 0 aromatic heterocycles. The summed E-state index contributed by atoms with van der Waals surface area (Å²) in [5.41, 5.74) is 1.16. The Labute approximate surface area is 110 Å². The molecule has 3 rings (SSSR count). The van der Waals surface area contributed by atoms with E-state index in [0.29, 0.717) is 5.92 Å². The summed E-state index contributed by atoms with van der Waals surface area (Å²) in [6, 6.07) is 8.27. The van der Waals surface area contributed by atoms with E-state index in [-0.39, 0.29) is 6.23 Å². The Kier molecular flexibility index (Phi) is 3.19. The quantitative estimate of drug-likeness (QED) is 0.839. The van der Waals surface area contributed by atoms with Gasteiger partial charge in [-0.1, -0.05) is 26.0 Å². The van der Waals surface area contributed by atoms with E-state index in [1.165, 1.54) is 25.7 Å². The van der Waals surface area contributed by atoms with Crippen molar-refractivity contribution in [3.05, 3.63) is 24.3 Å². The van der Waals surface area contributed by atoms with Gasteiger partial charge in [-0.2, -0.15) is 0 Å². The fraction of sp³-hybridized carbons (Fsp3) is 0.625. The number of hydrogen-bond donors (Lipinski definition) is 1. The van der Waals surface area contributed by atoms with E-state index in [4.69, 9.17) is 4.74 Å². The monoisotopic (exact) mass is 245 g/mol. The summed E-state index contributed by atoms with van der Waals surface area (Å²) in [5.74, 6) is 3.45. The van der Waals surface area contributed by atoms with Crippen LogP contribution in [0, 0.1) is 17.8 Å². The minimum atomic E-state index is 0.204. The highest BCUT2D eigenvalue weighted by Gasteiger charge is 2.33. The molecule has 0 radical (unpaired) electrons. The zero-order chi connectivity index (χ0) is 12.5. The molecule has 1 atom stereocenters. The van der Waals surface area contributed by atoms with Gasteiger partial charge >= 0.3 is 0 Å². The summed E-state index contributed by atoms with van der Waals surface area (Å²) in [4.78, 5) is 0. The molecule has 2 aliphatic rings. The normalized spacial score (nSPS) is 30.7. The Bertz CT molecular complexity index is 382. The van der Waals surface area contributed by atoms with Gasteiger partial charge in [0, 0.05) is 5.92 Å². The average molecular weight is 245 g/mol. The number of nitrogens with one attached hydrogen (secondary N) is 1.